The van der Waals surface area contributed by atoms with Crippen LogP contribution in [-0.2, 0) is 6.54 Å². The van der Waals surface area contributed by atoms with E-state index in [1.54, 1.807) is 6.20 Å². The second-order valence-corrected chi connectivity index (χ2v) is 10.1. The zero-order valence-corrected chi connectivity index (χ0v) is 20.1. The van der Waals surface area contributed by atoms with Crippen LogP contribution in [0.1, 0.15) is 30.9 Å². The molecule has 35 heavy (non-hydrogen) atoms. The highest BCUT2D eigenvalue weighted by Gasteiger charge is 2.46. The second kappa shape index (κ2) is 9.35. The van der Waals surface area contributed by atoms with Crippen molar-refractivity contribution in [1.29, 1.82) is 0 Å². The number of aliphatic hydroxyl groups excluding tert-OH is 2. The molecule has 2 fully saturated rings. The first-order chi connectivity index (χ1) is 17.1. The van der Waals surface area contributed by atoms with E-state index in [2.05, 4.69) is 27.4 Å². The van der Waals surface area contributed by atoms with Gasteiger partial charge in [0.1, 0.15) is 11.8 Å². The van der Waals surface area contributed by atoms with Crippen molar-refractivity contribution < 1.29 is 10.2 Å². The fourth-order valence-corrected chi connectivity index (χ4v) is 6.02. The van der Waals surface area contributed by atoms with Crippen LogP contribution < -0.4 is 5.32 Å². The third-order valence-electron chi connectivity index (χ3n) is 7.69. The summed E-state index contributed by atoms with van der Waals surface area (Å²) in [5.74, 6) is 0.458. The molecule has 8 nitrogen and oxygen atoms in total. The van der Waals surface area contributed by atoms with Crippen LogP contribution in [0.4, 0.5) is 0 Å². The fraction of sp³-hybridized carbons (Fsp3) is 0.423. The van der Waals surface area contributed by atoms with E-state index in [1.807, 2.05) is 45.9 Å². The van der Waals surface area contributed by atoms with Gasteiger partial charge in [-0.15, -0.1) is 0 Å². The number of nitrogens with zero attached hydrogens (tertiary/aromatic N) is 5. The molecule has 0 unspecified atom stereocenters. The summed E-state index contributed by atoms with van der Waals surface area (Å²) in [5.41, 5.74) is 3.51. The molecule has 1 aromatic carbocycles. The van der Waals surface area contributed by atoms with Crippen LogP contribution in [0.2, 0.25) is 5.28 Å². The summed E-state index contributed by atoms with van der Waals surface area (Å²) in [4.78, 5) is 8.74. The summed E-state index contributed by atoms with van der Waals surface area (Å²) in [7, 11) is 0. The average Bonchev–Trinajstić information content (AvgIpc) is 3.57. The standard InChI is InChI=1S/C26H29ClN6O2/c27-26-29-13-19-20(21-8-11-32(31-21)14-16-4-2-1-3-5-16)15-33(25(19)30-26)22-12-18(23(34)24(22)35)17-6-9-28-10-7-17/h1-5,8,11,13,15,17-18,22-24,28,34-35H,6-7,9-10,12,14H2/t18-,22-,23-,24+/m1/s1. The van der Waals surface area contributed by atoms with Gasteiger partial charge in [-0.05, 0) is 67.4 Å². The predicted molar refractivity (Wildman–Crippen MR) is 134 cm³/mol. The molecule has 0 bridgehead atoms. The molecule has 182 valence electrons. The molecule has 1 saturated carbocycles. The van der Waals surface area contributed by atoms with Crippen molar-refractivity contribution in [3.8, 4) is 11.3 Å². The van der Waals surface area contributed by atoms with Crippen molar-refractivity contribution >= 4 is 22.6 Å². The lowest BCUT2D eigenvalue weighted by atomic mass is 9.82. The van der Waals surface area contributed by atoms with Gasteiger partial charge in [0.15, 0.2) is 0 Å². The van der Waals surface area contributed by atoms with E-state index in [0.717, 1.165) is 42.6 Å². The number of rotatable bonds is 5. The number of benzene rings is 1. The van der Waals surface area contributed by atoms with Crippen LogP contribution in [0.15, 0.2) is 55.0 Å². The maximum atomic E-state index is 11.1. The molecule has 4 heterocycles. The molecule has 1 aliphatic carbocycles. The Labute approximate surface area is 208 Å². The maximum Gasteiger partial charge on any atom is 0.224 e. The summed E-state index contributed by atoms with van der Waals surface area (Å²) >= 11 is 6.19. The van der Waals surface area contributed by atoms with Gasteiger partial charge in [-0.2, -0.15) is 10.1 Å². The number of aliphatic hydroxyl groups is 2. The molecule has 4 atom stereocenters. The zero-order valence-electron chi connectivity index (χ0n) is 19.3. The molecule has 0 spiro atoms. The lowest BCUT2D eigenvalue weighted by molar-refractivity contribution is -0.00767. The van der Waals surface area contributed by atoms with Gasteiger partial charge >= 0.3 is 0 Å². The minimum atomic E-state index is -0.872. The van der Waals surface area contributed by atoms with Crippen LogP contribution >= 0.6 is 11.6 Å². The molecule has 1 saturated heterocycles. The largest absolute Gasteiger partial charge is 0.390 e. The maximum absolute atomic E-state index is 11.1. The Bertz CT molecular complexity index is 1320. The second-order valence-electron chi connectivity index (χ2n) is 9.75. The quantitative estimate of drug-likeness (QED) is 0.370. The van der Waals surface area contributed by atoms with Crippen molar-refractivity contribution in [3.63, 3.8) is 0 Å². The van der Waals surface area contributed by atoms with Gasteiger partial charge in [0.05, 0.1) is 24.4 Å². The predicted octanol–water partition coefficient (Wildman–Crippen LogP) is 3.28. The van der Waals surface area contributed by atoms with Gasteiger partial charge in [0.2, 0.25) is 5.28 Å². The van der Waals surface area contributed by atoms with Crippen LogP contribution in [0.3, 0.4) is 0 Å². The van der Waals surface area contributed by atoms with Gasteiger partial charge in [-0.1, -0.05) is 30.3 Å². The first kappa shape index (κ1) is 22.7. The first-order valence-corrected chi connectivity index (χ1v) is 12.6. The lowest BCUT2D eigenvalue weighted by Crippen LogP contribution is -2.37. The summed E-state index contributed by atoms with van der Waals surface area (Å²) in [6.07, 6.45) is 6.76. The van der Waals surface area contributed by atoms with Crippen molar-refractivity contribution in [2.45, 2.75) is 44.1 Å². The molecule has 6 rings (SSSR count). The van der Waals surface area contributed by atoms with Crippen molar-refractivity contribution in [3.05, 3.63) is 65.8 Å². The van der Waals surface area contributed by atoms with E-state index in [0.29, 0.717) is 24.5 Å². The SMILES string of the molecule is O[C@@H]1[C@H](O)[C@@H](C2CCNCC2)C[C@H]1n1cc(-c2ccn(Cc3ccccc3)n2)c2cnc(Cl)nc21. The summed E-state index contributed by atoms with van der Waals surface area (Å²) in [5, 5.41) is 31.3. The highest BCUT2D eigenvalue weighted by atomic mass is 35.5. The number of fused-ring (bicyclic) bond motifs is 1. The topological polar surface area (TPSA) is 101 Å². The normalized spacial score (nSPS) is 25.5. The van der Waals surface area contributed by atoms with E-state index >= 15 is 0 Å². The number of nitrogens with one attached hydrogen (secondary N) is 1. The number of halogens is 1. The number of aromatic nitrogens is 5. The van der Waals surface area contributed by atoms with Crippen molar-refractivity contribution in [2.24, 2.45) is 11.8 Å². The molecule has 1 aliphatic heterocycles. The van der Waals surface area contributed by atoms with Crippen molar-refractivity contribution in [2.75, 3.05) is 13.1 Å². The van der Waals surface area contributed by atoms with E-state index < -0.39 is 12.2 Å². The first-order valence-electron chi connectivity index (χ1n) is 12.3. The smallest absolute Gasteiger partial charge is 0.224 e. The highest BCUT2D eigenvalue weighted by Crippen LogP contribution is 2.44. The molecular formula is C26H29ClN6O2. The molecule has 2 aliphatic rings. The van der Waals surface area contributed by atoms with E-state index in [4.69, 9.17) is 16.7 Å². The van der Waals surface area contributed by atoms with Crippen LogP contribution in [0, 0.1) is 11.8 Å². The molecular weight excluding hydrogens is 464 g/mol. The van der Waals surface area contributed by atoms with Crippen LogP contribution in [-0.4, -0.2) is 59.8 Å². The van der Waals surface area contributed by atoms with E-state index in [1.165, 1.54) is 5.56 Å². The van der Waals surface area contributed by atoms with E-state index in [9.17, 15) is 10.2 Å². The van der Waals surface area contributed by atoms with Gasteiger partial charge in [-0.25, -0.2) is 4.98 Å². The molecule has 3 N–H and O–H groups in total. The summed E-state index contributed by atoms with van der Waals surface area (Å²) in [6.45, 7) is 2.59. The average molecular weight is 493 g/mol. The highest BCUT2D eigenvalue weighted by molar-refractivity contribution is 6.28. The summed E-state index contributed by atoms with van der Waals surface area (Å²) in [6, 6.07) is 11.9. The monoisotopic (exact) mass is 492 g/mol. The van der Waals surface area contributed by atoms with E-state index in [-0.39, 0.29) is 17.2 Å². The minimum Gasteiger partial charge on any atom is -0.390 e. The Kier molecular flexibility index (Phi) is 6.06. The van der Waals surface area contributed by atoms with Gasteiger partial charge in [0.25, 0.3) is 0 Å². The van der Waals surface area contributed by atoms with Gasteiger partial charge < -0.3 is 20.1 Å². The zero-order chi connectivity index (χ0) is 23.9. The molecule has 3 aromatic heterocycles. The van der Waals surface area contributed by atoms with Crippen molar-refractivity contribution in [1.82, 2.24) is 29.6 Å². The fourth-order valence-electron chi connectivity index (χ4n) is 5.89. The molecule has 4 aromatic rings. The minimum absolute atomic E-state index is 0.0559. The Hall–Kier alpha value is -2.78. The van der Waals surface area contributed by atoms with Gasteiger partial charge in [0, 0.05) is 29.5 Å². The van der Waals surface area contributed by atoms with Crippen LogP contribution in [0.5, 0.6) is 0 Å². The Balaban J connectivity index is 1.35. The Morgan fingerprint density at radius 3 is 2.66 bits per heavy atom. The Morgan fingerprint density at radius 1 is 1.06 bits per heavy atom. The third-order valence-corrected chi connectivity index (χ3v) is 7.87. The molecule has 9 heteroatoms. The number of piperidine rings is 1. The number of hydrogen-bond acceptors (Lipinski definition) is 6. The van der Waals surface area contributed by atoms with Crippen LogP contribution in [0.25, 0.3) is 22.3 Å². The molecule has 0 radical (unpaired) electrons. The number of hydrogen-bond donors (Lipinski definition) is 3. The Morgan fingerprint density at radius 2 is 1.86 bits per heavy atom. The lowest BCUT2D eigenvalue weighted by Gasteiger charge is -2.30. The molecule has 0 amide bonds. The third kappa shape index (κ3) is 4.25. The van der Waals surface area contributed by atoms with Gasteiger partial charge in [-0.3, -0.25) is 4.68 Å². The summed E-state index contributed by atoms with van der Waals surface area (Å²) < 4.78 is 3.88.